The number of carbonyl (C=O) groups is 7. The van der Waals surface area contributed by atoms with E-state index in [1.165, 1.54) is 68.4 Å². The van der Waals surface area contributed by atoms with Gasteiger partial charge in [-0.2, -0.15) is 21.6 Å². The Balaban J connectivity index is 0.000000323. The highest BCUT2D eigenvalue weighted by Gasteiger charge is 2.49. The van der Waals surface area contributed by atoms with E-state index in [0.29, 0.717) is 85.4 Å². The summed E-state index contributed by atoms with van der Waals surface area (Å²) in [6.07, 6.45) is 13.1. The molecular formula is C89H120BrF3O24P2SSi2. The molecule has 0 aliphatic carbocycles. The van der Waals surface area contributed by atoms with Crippen LogP contribution >= 0.6 is 30.9 Å². The Morgan fingerprint density at radius 2 is 0.885 bits per heavy atom. The number of fused-ring (bicyclic) bond motifs is 3. The van der Waals surface area contributed by atoms with Gasteiger partial charge in [-0.25, -0.2) is 14.4 Å². The van der Waals surface area contributed by atoms with Gasteiger partial charge in [0.05, 0.1) is 30.5 Å². The van der Waals surface area contributed by atoms with Gasteiger partial charge in [0.2, 0.25) is 7.37 Å². The van der Waals surface area contributed by atoms with E-state index in [4.69, 9.17) is 47.5 Å². The van der Waals surface area contributed by atoms with Crippen LogP contribution in [0, 0.1) is 34.6 Å². The molecule has 1 atom stereocenters. The number of hydrogen-bond donors (Lipinski definition) is 4. The van der Waals surface area contributed by atoms with Crippen molar-refractivity contribution in [3.63, 3.8) is 0 Å². The molecule has 0 saturated heterocycles. The number of aromatic hydroxyl groups is 2. The number of esters is 3. The number of ether oxygens (including phenoxy) is 7. The number of cyclic esters (lactones) is 3. The minimum absolute atomic E-state index is 0.0655. The number of phenolic OH excluding ortho intramolecular Hbond substituents is 2. The van der Waals surface area contributed by atoms with Gasteiger partial charge in [0.25, 0.3) is 0 Å². The third kappa shape index (κ3) is 28.5. The SMILES string of the molecule is C=CCOc1cc(O)c(C)c(C(C)=O)c1C(C)=O.C=CCOc1cc(OS(=O)(=O)C(F)(F)F)c(C)c(C(C)=O)c1C(C)=O.CCc1c(C)c2c(c(O)c1C/C=C(\C)CP(=O)(O)O)C(=O)OC2.CCc1c(C)c2c(c(OCC[Si](C)(C)C)c1C/C=C(\C)CBr)C(=O)OC2.CCc1c(C)c2c(c(OCC[Si](C)(C)C)c1C/C=C(\C)CP(C)(=O)OC)C(=O)OC2. The summed E-state index contributed by atoms with van der Waals surface area (Å²) in [7, 11) is -13.7. The standard InChI is InChI=1S/C23H37O5PSi.C21H31BrO3Si.C16H21O6P.C15H15F3O6S.C14H16O4/c1-9-18-17(3)20-14-28-23(24)21(20)22(27-12-13-30(6,7)8)19(18)11-10-16(2)15-29(5,25)26-4;1-7-16-15(3)18-13-25-21(23)19(18)20(24-10-11-26(4,5)6)17(16)9-8-14(2)12-22;1-4-11-10(3)13-7-22-16(18)14(13)15(17)12(11)6-5-9(2)8-23(19,20)21;1-5-6-23-12-7-11(24-25(21,22)15(16,17)18)8(2)13(9(3)19)14(12)10(4)20;1-5-6-18-12-7-11(17)8(2)13(9(3)15)14(12)10(4)16/h10H,9,11-15H2,1-8H3;8H,7,9-13H2,1-6H3;5,17H,4,6-8H2,1-3H3,(H2,19,20,21);5,7H,1,6H2,2-4H3;5,7,17H,1,6H2,2-4H3/b16-10+;14-8+;9-5+;;. The molecule has 0 saturated carbocycles. The molecule has 5 aromatic carbocycles. The van der Waals surface area contributed by atoms with Crippen molar-refractivity contribution in [1.29, 1.82) is 0 Å². The molecule has 24 nitrogen and oxygen atoms in total. The molecule has 0 fully saturated rings. The maximum Gasteiger partial charge on any atom is 0.534 e. The van der Waals surface area contributed by atoms with Crippen LogP contribution in [0.1, 0.15) is 220 Å². The minimum atomic E-state index is -5.96. The van der Waals surface area contributed by atoms with Gasteiger partial charge in [-0.15, -0.1) is 0 Å². The fraction of sp³-hybridized carbons (Fsp3) is 0.472. The number of halogens is 4. The zero-order valence-corrected chi connectivity index (χ0v) is 80.6. The molecule has 0 amide bonds. The van der Waals surface area contributed by atoms with E-state index >= 15 is 0 Å². The molecule has 0 aromatic heterocycles. The molecule has 3 heterocycles. The molecule has 3 aliphatic heterocycles. The van der Waals surface area contributed by atoms with Gasteiger partial charge in [0, 0.05) is 109 Å². The smallest absolute Gasteiger partial charge is 0.508 e. The van der Waals surface area contributed by atoms with E-state index in [-0.39, 0.29) is 106 Å². The molecule has 33 heteroatoms. The van der Waals surface area contributed by atoms with Gasteiger partial charge < -0.3 is 61.9 Å². The number of ketones is 4. The lowest BCUT2D eigenvalue weighted by Gasteiger charge is -2.22. The summed E-state index contributed by atoms with van der Waals surface area (Å²) >= 11 is 3.51. The van der Waals surface area contributed by atoms with Crippen LogP contribution in [0.25, 0.3) is 0 Å². The van der Waals surface area contributed by atoms with Crippen molar-refractivity contribution in [3.05, 3.63) is 189 Å². The third-order valence-electron chi connectivity index (χ3n) is 20.3. The molecule has 0 radical (unpaired) electrons. The average molecular weight is 1860 g/mol. The molecule has 5 aromatic rings. The highest BCUT2D eigenvalue weighted by Crippen LogP contribution is 2.47. The predicted molar refractivity (Wildman–Crippen MR) is 478 cm³/mol. The summed E-state index contributed by atoms with van der Waals surface area (Å²) < 4.78 is 132. The number of carbonyl (C=O) groups excluding carboxylic acids is 7. The number of phenols is 2. The zero-order valence-electron chi connectivity index (χ0n) is 74.5. The molecule has 672 valence electrons. The molecule has 1 unspecified atom stereocenters. The van der Waals surface area contributed by atoms with Crippen molar-refractivity contribution >= 4 is 98.2 Å². The molecule has 0 bridgehead atoms. The number of benzene rings is 5. The Morgan fingerprint density at radius 1 is 0.533 bits per heavy atom. The van der Waals surface area contributed by atoms with Gasteiger partial charge >= 0.3 is 41.1 Å². The first-order chi connectivity index (χ1) is 56.5. The van der Waals surface area contributed by atoms with Gasteiger partial charge in [0.15, 0.2) is 23.1 Å². The Morgan fingerprint density at radius 3 is 1.24 bits per heavy atom. The maximum atomic E-state index is 12.6. The monoisotopic (exact) mass is 1860 g/mol. The number of hydrogen-bond acceptors (Lipinski definition) is 22. The maximum absolute atomic E-state index is 12.6. The van der Waals surface area contributed by atoms with Crippen LogP contribution in [0.2, 0.25) is 51.4 Å². The zero-order chi connectivity index (χ0) is 93.0. The molecule has 0 spiro atoms. The second-order valence-corrected chi connectivity index (χ2v) is 50.1. The van der Waals surface area contributed by atoms with Gasteiger partial charge in [-0.3, -0.25) is 28.3 Å². The summed E-state index contributed by atoms with van der Waals surface area (Å²) in [5.41, 5.74) is 11.0. The fourth-order valence-electron chi connectivity index (χ4n) is 13.9. The Kier molecular flexibility index (Phi) is 39.4. The summed E-state index contributed by atoms with van der Waals surface area (Å²) in [4.78, 5) is 102. The van der Waals surface area contributed by atoms with Crippen molar-refractivity contribution in [2.75, 3.05) is 57.9 Å². The normalized spacial score (nSPS) is 13.7. The molecule has 4 N–H and O–H groups in total. The van der Waals surface area contributed by atoms with Crippen LogP contribution in [-0.2, 0) is 96.3 Å². The summed E-state index contributed by atoms with van der Waals surface area (Å²) in [6.45, 7) is 50.4. The first-order valence-corrected chi connectivity index (χ1v) is 53.7. The van der Waals surface area contributed by atoms with E-state index < -0.39 is 70.0 Å². The van der Waals surface area contributed by atoms with E-state index in [9.17, 15) is 74.5 Å². The number of alkyl halides is 4. The number of Topliss-reactive ketones (excluding diaryl/α,β-unsaturated/α-hetero) is 4. The van der Waals surface area contributed by atoms with Gasteiger partial charge in [-0.1, -0.05) is 136 Å². The topological polar surface area (TPSA) is 352 Å². The Labute approximate surface area is 726 Å². The minimum Gasteiger partial charge on any atom is -0.508 e. The fourth-order valence-corrected chi connectivity index (χ4v) is 18.0. The molecule has 122 heavy (non-hydrogen) atoms. The van der Waals surface area contributed by atoms with Gasteiger partial charge in [-0.05, 0) is 167 Å². The number of rotatable bonds is 35. The predicted octanol–water partition coefficient (Wildman–Crippen LogP) is 20.3. The van der Waals surface area contributed by atoms with Crippen LogP contribution in [0.4, 0.5) is 13.2 Å². The summed E-state index contributed by atoms with van der Waals surface area (Å²) in [5, 5.41) is 21.1. The van der Waals surface area contributed by atoms with E-state index in [0.717, 1.165) is 112 Å². The van der Waals surface area contributed by atoms with Crippen LogP contribution in [0.15, 0.2) is 72.4 Å². The molecule has 3 aliphatic rings. The largest absolute Gasteiger partial charge is 0.534 e. The molecule has 8 rings (SSSR count). The van der Waals surface area contributed by atoms with Crippen LogP contribution < -0.4 is 23.1 Å². The summed E-state index contributed by atoms with van der Waals surface area (Å²) in [6, 6.07) is 4.27. The first kappa shape index (κ1) is 106. The lowest BCUT2D eigenvalue weighted by atomic mass is 9.89. The quantitative estimate of drug-likeness (QED) is 0.00337. The average Bonchev–Trinajstić information content (AvgIpc) is 1.69. The van der Waals surface area contributed by atoms with Crippen molar-refractivity contribution in [2.45, 2.75) is 219 Å². The highest BCUT2D eigenvalue weighted by atomic mass is 79.9. The second-order valence-electron chi connectivity index (χ2n) is 32.4. The van der Waals surface area contributed by atoms with E-state index in [1.54, 1.807) is 26.6 Å². The first-order valence-electron chi connectivity index (χ1n) is 39.7. The summed E-state index contributed by atoms with van der Waals surface area (Å²) in [5.74, 6) is -2.40. The second kappa shape index (κ2) is 45.4. The Bertz CT molecular complexity index is 5140. The van der Waals surface area contributed by atoms with Crippen molar-refractivity contribution in [2.24, 2.45) is 0 Å². The van der Waals surface area contributed by atoms with Crippen molar-refractivity contribution in [1.82, 2.24) is 0 Å². The van der Waals surface area contributed by atoms with Crippen molar-refractivity contribution < 1.29 is 126 Å². The van der Waals surface area contributed by atoms with Gasteiger partial charge in [0.1, 0.15) is 90.0 Å². The lowest BCUT2D eigenvalue weighted by molar-refractivity contribution is -0.0500. The number of allylic oxidation sites excluding steroid dienone is 6. The van der Waals surface area contributed by atoms with E-state index in [2.05, 4.69) is 119 Å². The van der Waals surface area contributed by atoms with Crippen LogP contribution in [0.3, 0.4) is 0 Å². The Hall–Kier alpha value is -8.52. The van der Waals surface area contributed by atoms with Crippen LogP contribution in [-0.4, -0.2) is 149 Å². The van der Waals surface area contributed by atoms with Crippen LogP contribution in [0.5, 0.6) is 40.2 Å². The highest BCUT2D eigenvalue weighted by molar-refractivity contribution is 9.09. The molecular weight excluding hydrogens is 1740 g/mol. The lowest BCUT2D eigenvalue weighted by Crippen LogP contribution is -2.28. The third-order valence-corrected chi connectivity index (χ3v) is 28.4. The van der Waals surface area contributed by atoms with E-state index in [1.807, 2.05) is 20.8 Å². The van der Waals surface area contributed by atoms with Crippen molar-refractivity contribution in [3.8, 4) is 40.2 Å².